The van der Waals surface area contributed by atoms with Crippen molar-refractivity contribution in [1.29, 1.82) is 0 Å². The zero-order valence-corrected chi connectivity index (χ0v) is 18.2. The molecule has 1 aliphatic carbocycles. The fourth-order valence-electron chi connectivity index (χ4n) is 5.58. The van der Waals surface area contributed by atoms with E-state index in [0.29, 0.717) is 30.8 Å². The molecule has 4 aliphatic rings. The fourth-order valence-corrected chi connectivity index (χ4v) is 6.26. The molecule has 1 saturated carbocycles. The predicted molar refractivity (Wildman–Crippen MR) is 114 cm³/mol. The van der Waals surface area contributed by atoms with E-state index < -0.39 is 12.1 Å². The molecular weight excluding hydrogens is 416 g/mol. The Labute approximate surface area is 185 Å². The van der Waals surface area contributed by atoms with Gasteiger partial charge in [-0.15, -0.1) is 11.3 Å². The number of nitrogens with one attached hydrogen (secondary N) is 2. The van der Waals surface area contributed by atoms with Crippen molar-refractivity contribution in [1.82, 2.24) is 20.4 Å². The lowest BCUT2D eigenvalue weighted by Gasteiger charge is -2.29. The molecule has 9 heteroatoms. The van der Waals surface area contributed by atoms with E-state index in [1.165, 1.54) is 17.8 Å². The van der Waals surface area contributed by atoms with Crippen LogP contribution in [0.3, 0.4) is 0 Å². The highest BCUT2D eigenvalue weighted by Gasteiger charge is 2.52. The van der Waals surface area contributed by atoms with Crippen LogP contribution in [0.5, 0.6) is 0 Å². The molecule has 31 heavy (non-hydrogen) atoms. The maximum Gasteiger partial charge on any atom is 0.264 e. The minimum Gasteiger partial charge on any atom is -0.351 e. The van der Waals surface area contributed by atoms with Crippen molar-refractivity contribution in [2.45, 2.75) is 69.1 Å². The quantitative estimate of drug-likeness (QED) is 0.730. The summed E-state index contributed by atoms with van der Waals surface area (Å²) in [5.41, 5.74) is 0. The second-order valence-electron chi connectivity index (χ2n) is 9.11. The number of carbonyl (C=O) groups excluding carboxylic acids is 4. The molecule has 5 rings (SSSR count). The molecule has 0 radical (unpaired) electrons. The monoisotopic (exact) mass is 444 g/mol. The third-order valence-electron chi connectivity index (χ3n) is 7.18. The van der Waals surface area contributed by atoms with Gasteiger partial charge >= 0.3 is 0 Å². The van der Waals surface area contributed by atoms with Gasteiger partial charge < -0.3 is 20.4 Å². The average Bonchev–Trinajstić information content (AvgIpc) is 3.52. The number of hydrogen-bond donors (Lipinski definition) is 2. The van der Waals surface area contributed by atoms with Gasteiger partial charge in [-0.2, -0.15) is 0 Å². The Morgan fingerprint density at radius 3 is 2.68 bits per heavy atom. The van der Waals surface area contributed by atoms with Crippen molar-refractivity contribution in [2.24, 2.45) is 5.92 Å². The predicted octanol–water partition coefficient (Wildman–Crippen LogP) is 1.13. The zero-order chi connectivity index (χ0) is 21.5. The molecule has 1 aromatic rings. The fraction of sp³-hybridized carbons (Fsp3) is 0.636. The Morgan fingerprint density at radius 2 is 1.94 bits per heavy atom. The van der Waals surface area contributed by atoms with Crippen LogP contribution >= 0.6 is 11.3 Å². The van der Waals surface area contributed by atoms with E-state index in [1.54, 1.807) is 15.9 Å². The molecule has 0 bridgehead atoms. The van der Waals surface area contributed by atoms with Gasteiger partial charge in [0.15, 0.2) is 0 Å². The number of carbonyl (C=O) groups is 4. The highest BCUT2D eigenvalue weighted by molar-refractivity contribution is 7.12. The van der Waals surface area contributed by atoms with Crippen LogP contribution in [0.15, 0.2) is 17.5 Å². The highest BCUT2D eigenvalue weighted by Crippen LogP contribution is 2.31. The van der Waals surface area contributed by atoms with Gasteiger partial charge in [0.05, 0.1) is 10.9 Å². The molecule has 4 atom stereocenters. The van der Waals surface area contributed by atoms with E-state index in [0.717, 1.165) is 25.7 Å². The minimum atomic E-state index is -0.684. The van der Waals surface area contributed by atoms with Gasteiger partial charge in [-0.25, -0.2) is 0 Å². The number of fused-ring (bicyclic) bond motifs is 2. The standard InChI is InChI=1S/C22H28N4O4S/c27-19(13-5-2-1-3-6-13)23-14-11-16-20(28)24-15-8-9-25(18(15)22(30)26(16)12-14)21(29)17-7-4-10-31-17/h4,7,10,13-16,18H,1-3,5-6,8-9,11-12H2,(H,23,27)(H,24,28)/t14-,15-,16+,18-/m0/s1. The van der Waals surface area contributed by atoms with Crippen LogP contribution in [-0.4, -0.2) is 70.7 Å². The molecule has 3 aliphatic heterocycles. The van der Waals surface area contributed by atoms with Gasteiger partial charge in [0.25, 0.3) is 5.91 Å². The van der Waals surface area contributed by atoms with Gasteiger partial charge in [-0.3, -0.25) is 19.2 Å². The molecule has 166 valence electrons. The average molecular weight is 445 g/mol. The van der Waals surface area contributed by atoms with Crippen molar-refractivity contribution in [3.05, 3.63) is 22.4 Å². The number of nitrogens with zero attached hydrogens (tertiary/aromatic N) is 2. The maximum atomic E-state index is 13.5. The van der Waals surface area contributed by atoms with E-state index in [9.17, 15) is 19.2 Å². The molecule has 4 heterocycles. The molecule has 0 spiro atoms. The number of thiophene rings is 1. The normalized spacial score (nSPS) is 31.1. The Hall–Kier alpha value is -2.42. The van der Waals surface area contributed by atoms with Crippen LogP contribution < -0.4 is 10.6 Å². The first-order chi connectivity index (χ1) is 15.0. The summed E-state index contributed by atoms with van der Waals surface area (Å²) in [5.74, 6) is -0.448. The second kappa shape index (κ2) is 8.26. The summed E-state index contributed by atoms with van der Waals surface area (Å²) in [4.78, 5) is 55.9. The molecule has 3 saturated heterocycles. The number of likely N-dealkylation sites (tertiary alicyclic amines) is 1. The number of amides is 4. The van der Waals surface area contributed by atoms with E-state index in [-0.39, 0.29) is 41.6 Å². The Balaban J connectivity index is 1.31. The molecule has 8 nitrogen and oxygen atoms in total. The number of rotatable bonds is 3. The zero-order valence-electron chi connectivity index (χ0n) is 17.4. The van der Waals surface area contributed by atoms with Gasteiger partial charge in [0.2, 0.25) is 17.7 Å². The smallest absolute Gasteiger partial charge is 0.264 e. The van der Waals surface area contributed by atoms with Crippen LogP contribution in [-0.2, 0) is 14.4 Å². The molecule has 1 aromatic heterocycles. The summed E-state index contributed by atoms with van der Waals surface area (Å²) in [6.45, 7) is 0.762. The van der Waals surface area contributed by atoms with E-state index in [2.05, 4.69) is 10.6 Å². The Morgan fingerprint density at radius 1 is 1.13 bits per heavy atom. The highest BCUT2D eigenvalue weighted by atomic mass is 32.1. The summed E-state index contributed by atoms with van der Waals surface area (Å²) >= 11 is 1.35. The minimum absolute atomic E-state index is 0.0387. The molecule has 2 N–H and O–H groups in total. The van der Waals surface area contributed by atoms with Crippen LogP contribution in [0, 0.1) is 5.92 Å². The van der Waals surface area contributed by atoms with Crippen molar-refractivity contribution < 1.29 is 19.2 Å². The Bertz CT molecular complexity index is 882. The number of hydrogen-bond acceptors (Lipinski definition) is 5. The van der Waals surface area contributed by atoms with Crippen LogP contribution in [0.1, 0.15) is 54.6 Å². The summed E-state index contributed by atoms with van der Waals surface area (Å²) in [6, 6.07) is 1.72. The topological polar surface area (TPSA) is 98.8 Å². The largest absolute Gasteiger partial charge is 0.351 e. The molecule has 4 fully saturated rings. The summed E-state index contributed by atoms with van der Waals surface area (Å²) < 4.78 is 0. The lowest BCUT2D eigenvalue weighted by molar-refractivity contribution is -0.138. The SMILES string of the molecule is O=C(N[C@H]1C[C@@H]2C(=O)N[C@H]3CCN(C(=O)c4cccs4)[C@@H]3C(=O)N2C1)C1CCCCC1. The lowest BCUT2D eigenvalue weighted by atomic mass is 9.88. The van der Waals surface area contributed by atoms with Crippen LogP contribution in [0.4, 0.5) is 0 Å². The van der Waals surface area contributed by atoms with E-state index in [1.807, 2.05) is 11.4 Å². The van der Waals surface area contributed by atoms with Gasteiger partial charge in [0, 0.05) is 25.0 Å². The summed E-state index contributed by atoms with van der Waals surface area (Å²) in [7, 11) is 0. The van der Waals surface area contributed by atoms with Gasteiger partial charge in [-0.05, 0) is 37.1 Å². The molecule has 4 amide bonds. The third-order valence-corrected chi connectivity index (χ3v) is 8.04. The van der Waals surface area contributed by atoms with Crippen molar-refractivity contribution in [2.75, 3.05) is 13.1 Å². The maximum absolute atomic E-state index is 13.5. The Kier molecular flexibility index (Phi) is 5.45. The van der Waals surface area contributed by atoms with Crippen molar-refractivity contribution in [3.8, 4) is 0 Å². The van der Waals surface area contributed by atoms with E-state index in [4.69, 9.17) is 0 Å². The van der Waals surface area contributed by atoms with Crippen LogP contribution in [0.25, 0.3) is 0 Å². The van der Waals surface area contributed by atoms with Gasteiger partial charge in [-0.1, -0.05) is 25.3 Å². The van der Waals surface area contributed by atoms with Crippen LogP contribution in [0.2, 0.25) is 0 Å². The third kappa shape index (κ3) is 3.73. The van der Waals surface area contributed by atoms with Crippen molar-refractivity contribution in [3.63, 3.8) is 0 Å². The molecule has 0 unspecified atom stereocenters. The summed E-state index contributed by atoms with van der Waals surface area (Å²) in [6.07, 6.45) is 6.16. The van der Waals surface area contributed by atoms with Gasteiger partial charge in [0.1, 0.15) is 12.1 Å². The first-order valence-electron chi connectivity index (χ1n) is 11.3. The first-order valence-corrected chi connectivity index (χ1v) is 12.2. The first kappa shape index (κ1) is 20.5. The molecular formula is C22H28N4O4S. The summed E-state index contributed by atoms with van der Waals surface area (Å²) in [5, 5.41) is 7.94. The van der Waals surface area contributed by atoms with Crippen molar-refractivity contribution >= 4 is 35.0 Å². The second-order valence-corrected chi connectivity index (χ2v) is 10.1. The van der Waals surface area contributed by atoms with E-state index >= 15 is 0 Å². The lowest BCUT2D eigenvalue weighted by Crippen LogP contribution is -2.52. The molecule has 0 aromatic carbocycles.